The van der Waals surface area contributed by atoms with Crippen molar-refractivity contribution in [1.29, 1.82) is 0 Å². The zero-order chi connectivity index (χ0) is 12.8. The highest BCUT2D eigenvalue weighted by Gasteiger charge is 2.22. The number of thioether (sulfide) groups is 1. The summed E-state index contributed by atoms with van der Waals surface area (Å²) < 4.78 is 5.35. The minimum atomic E-state index is 0.599. The average molecular weight is 265 g/mol. The van der Waals surface area contributed by atoms with Crippen molar-refractivity contribution in [2.75, 3.05) is 26.5 Å². The lowest BCUT2D eigenvalue weighted by Crippen LogP contribution is -2.41. The standard InChI is InChI=1S/C15H23NOS/c1-17-12-14-7-3-4-9-16(14)11-13-6-5-8-15(10-13)18-2/h5-6,8,10,14H,3-4,7,9,11-12H2,1-2H3/t14-/m0/s1. The summed E-state index contributed by atoms with van der Waals surface area (Å²) in [6.45, 7) is 3.13. The number of ether oxygens (including phenoxy) is 1. The summed E-state index contributed by atoms with van der Waals surface area (Å²) in [6.07, 6.45) is 6.07. The van der Waals surface area contributed by atoms with E-state index in [-0.39, 0.29) is 0 Å². The molecule has 100 valence electrons. The van der Waals surface area contributed by atoms with Gasteiger partial charge in [-0.15, -0.1) is 11.8 Å². The molecule has 1 aliphatic heterocycles. The third kappa shape index (κ3) is 3.74. The van der Waals surface area contributed by atoms with E-state index in [0.717, 1.165) is 13.2 Å². The van der Waals surface area contributed by atoms with E-state index in [9.17, 15) is 0 Å². The van der Waals surface area contributed by atoms with Crippen molar-refractivity contribution >= 4 is 11.8 Å². The Kier molecular flexibility index (Phi) is 5.54. The van der Waals surface area contributed by atoms with Gasteiger partial charge in [-0.2, -0.15) is 0 Å². The molecule has 1 aromatic carbocycles. The molecule has 0 unspecified atom stereocenters. The molecule has 1 aromatic rings. The van der Waals surface area contributed by atoms with Gasteiger partial charge in [0.25, 0.3) is 0 Å². The van der Waals surface area contributed by atoms with E-state index in [2.05, 4.69) is 35.4 Å². The van der Waals surface area contributed by atoms with E-state index in [1.54, 1.807) is 7.11 Å². The predicted molar refractivity (Wildman–Crippen MR) is 78.1 cm³/mol. The third-order valence-electron chi connectivity index (χ3n) is 3.63. The summed E-state index contributed by atoms with van der Waals surface area (Å²) in [7, 11) is 1.81. The maximum absolute atomic E-state index is 5.35. The topological polar surface area (TPSA) is 12.5 Å². The molecule has 2 nitrogen and oxygen atoms in total. The molecule has 0 aliphatic carbocycles. The van der Waals surface area contributed by atoms with Gasteiger partial charge in [-0.05, 0) is 43.3 Å². The smallest absolute Gasteiger partial charge is 0.0618 e. The van der Waals surface area contributed by atoms with Gasteiger partial charge in [-0.3, -0.25) is 4.90 Å². The van der Waals surface area contributed by atoms with Crippen LogP contribution in [-0.2, 0) is 11.3 Å². The summed E-state index contributed by atoms with van der Waals surface area (Å²) in [5.41, 5.74) is 1.42. The molecule has 1 aliphatic rings. The van der Waals surface area contributed by atoms with Crippen LogP contribution in [0.2, 0.25) is 0 Å². The summed E-state index contributed by atoms with van der Waals surface area (Å²) in [4.78, 5) is 3.93. The Hall–Kier alpha value is -0.510. The van der Waals surface area contributed by atoms with Crippen molar-refractivity contribution in [3.63, 3.8) is 0 Å². The van der Waals surface area contributed by atoms with Crippen molar-refractivity contribution in [3.8, 4) is 0 Å². The molecule has 1 saturated heterocycles. The fourth-order valence-corrected chi connectivity index (χ4v) is 3.14. The molecule has 0 radical (unpaired) electrons. The summed E-state index contributed by atoms with van der Waals surface area (Å²) in [5.74, 6) is 0. The Balaban J connectivity index is 2.01. The van der Waals surface area contributed by atoms with Gasteiger partial charge < -0.3 is 4.74 Å². The Morgan fingerprint density at radius 2 is 2.28 bits per heavy atom. The lowest BCUT2D eigenvalue weighted by Gasteiger charge is -2.35. The second-order valence-corrected chi connectivity index (χ2v) is 5.81. The zero-order valence-corrected chi connectivity index (χ0v) is 12.2. The Bertz CT molecular complexity index is 367. The molecule has 18 heavy (non-hydrogen) atoms. The fourth-order valence-electron chi connectivity index (χ4n) is 2.65. The van der Waals surface area contributed by atoms with Crippen molar-refractivity contribution in [1.82, 2.24) is 4.90 Å². The van der Waals surface area contributed by atoms with Gasteiger partial charge in [-0.1, -0.05) is 18.6 Å². The van der Waals surface area contributed by atoms with E-state index >= 15 is 0 Å². The van der Waals surface area contributed by atoms with Crippen LogP contribution in [0.5, 0.6) is 0 Å². The highest BCUT2D eigenvalue weighted by molar-refractivity contribution is 7.98. The van der Waals surface area contributed by atoms with Gasteiger partial charge in [-0.25, -0.2) is 0 Å². The van der Waals surface area contributed by atoms with Crippen molar-refractivity contribution in [3.05, 3.63) is 29.8 Å². The molecule has 2 rings (SSSR count). The molecular formula is C15H23NOS. The Labute approximate surface area is 115 Å². The minimum Gasteiger partial charge on any atom is -0.383 e. The molecule has 0 spiro atoms. The average Bonchev–Trinajstić information content (AvgIpc) is 2.41. The van der Waals surface area contributed by atoms with Crippen molar-refractivity contribution < 1.29 is 4.74 Å². The highest BCUT2D eigenvalue weighted by Crippen LogP contribution is 2.22. The highest BCUT2D eigenvalue weighted by atomic mass is 32.2. The van der Waals surface area contributed by atoms with Gasteiger partial charge in [0.1, 0.15) is 0 Å². The van der Waals surface area contributed by atoms with Gasteiger partial charge >= 0.3 is 0 Å². The molecule has 0 aromatic heterocycles. The van der Waals surface area contributed by atoms with E-state index in [1.807, 2.05) is 11.8 Å². The summed E-state index contributed by atoms with van der Waals surface area (Å²) >= 11 is 1.81. The first-order valence-corrected chi connectivity index (χ1v) is 7.92. The van der Waals surface area contributed by atoms with Crippen LogP contribution >= 0.6 is 11.8 Å². The van der Waals surface area contributed by atoms with Crippen molar-refractivity contribution in [2.24, 2.45) is 0 Å². The maximum Gasteiger partial charge on any atom is 0.0618 e. The van der Waals surface area contributed by atoms with Crippen LogP contribution in [-0.4, -0.2) is 37.5 Å². The Morgan fingerprint density at radius 3 is 3.06 bits per heavy atom. The molecular weight excluding hydrogens is 242 g/mol. The SMILES string of the molecule is COC[C@@H]1CCCCN1Cc1cccc(SC)c1. The van der Waals surface area contributed by atoms with E-state index in [4.69, 9.17) is 4.74 Å². The fraction of sp³-hybridized carbons (Fsp3) is 0.600. The maximum atomic E-state index is 5.35. The molecule has 1 atom stereocenters. The van der Waals surface area contributed by atoms with Gasteiger partial charge in [0.15, 0.2) is 0 Å². The molecule has 0 saturated carbocycles. The molecule has 1 heterocycles. The number of hydrogen-bond acceptors (Lipinski definition) is 3. The van der Waals surface area contributed by atoms with E-state index < -0.39 is 0 Å². The van der Waals surface area contributed by atoms with Crippen LogP contribution < -0.4 is 0 Å². The van der Waals surface area contributed by atoms with Gasteiger partial charge in [0.2, 0.25) is 0 Å². The second-order valence-electron chi connectivity index (χ2n) is 4.93. The quantitative estimate of drug-likeness (QED) is 0.757. The first-order valence-electron chi connectivity index (χ1n) is 6.69. The van der Waals surface area contributed by atoms with Crippen LogP contribution in [0.1, 0.15) is 24.8 Å². The first kappa shape index (κ1) is 13.9. The molecule has 0 N–H and O–H groups in total. The molecule has 0 bridgehead atoms. The number of nitrogens with zero attached hydrogens (tertiary/aromatic N) is 1. The number of piperidine rings is 1. The normalized spacial score (nSPS) is 21.1. The molecule has 3 heteroatoms. The largest absolute Gasteiger partial charge is 0.383 e. The first-order chi connectivity index (χ1) is 8.83. The minimum absolute atomic E-state index is 0.599. The van der Waals surface area contributed by atoms with E-state index in [0.29, 0.717) is 6.04 Å². The van der Waals surface area contributed by atoms with Crippen LogP contribution in [0.15, 0.2) is 29.2 Å². The second kappa shape index (κ2) is 7.17. The number of rotatable bonds is 5. The zero-order valence-electron chi connectivity index (χ0n) is 11.4. The number of methoxy groups -OCH3 is 1. The van der Waals surface area contributed by atoms with Crippen LogP contribution in [0.4, 0.5) is 0 Å². The predicted octanol–water partition coefficient (Wildman–Crippen LogP) is 3.41. The lowest BCUT2D eigenvalue weighted by molar-refractivity contribution is 0.0600. The van der Waals surface area contributed by atoms with E-state index in [1.165, 1.54) is 36.3 Å². The number of likely N-dealkylation sites (tertiary alicyclic amines) is 1. The van der Waals surface area contributed by atoms with Crippen LogP contribution in [0, 0.1) is 0 Å². The lowest BCUT2D eigenvalue weighted by atomic mass is 10.0. The van der Waals surface area contributed by atoms with Gasteiger partial charge in [0, 0.05) is 24.6 Å². The van der Waals surface area contributed by atoms with Crippen LogP contribution in [0.25, 0.3) is 0 Å². The van der Waals surface area contributed by atoms with Gasteiger partial charge in [0.05, 0.1) is 6.61 Å². The summed E-state index contributed by atoms with van der Waals surface area (Å²) in [6, 6.07) is 9.48. The number of benzene rings is 1. The molecule has 0 amide bonds. The monoisotopic (exact) mass is 265 g/mol. The van der Waals surface area contributed by atoms with Crippen LogP contribution in [0.3, 0.4) is 0 Å². The third-order valence-corrected chi connectivity index (χ3v) is 4.35. The van der Waals surface area contributed by atoms with Crippen molar-refractivity contribution in [2.45, 2.75) is 36.7 Å². The summed E-state index contributed by atoms with van der Waals surface area (Å²) in [5, 5.41) is 0. The molecule has 1 fully saturated rings. The number of hydrogen-bond donors (Lipinski definition) is 0. The Morgan fingerprint density at radius 1 is 1.39 bits per heavy atom.